The molecular formula is C11H16N4O. The van der Waals surface area contributed by atoms with Crippen molar-refractivity contribution in [3.05, 3.63) is 17.5 Å². The summed E-state index contributed by atoms with van der Waals surface area (Å²) in [7, 11) is 1.79. The van der Waals surface area contributed by atoms with Crippen molar-refractivity contribution in [2.24, 2.45) is 0 Å². The van der Waals surface area contributed by atoms with E-state index in [0.717, 1.165) is 5.69 Å². The van der Waals surface area contributed by atoms with Crippen molar-refractivity contribution in [2.45, 2.75) is 26.4 Å². The van der Waals surface area contributed by atoms with E-state index in [1.165, 1.54) is 0 Å². The number of anilines is 1. The second-order valence-corrected chi connectivity index (χ2v) is 4.47. The van der Waals surface area contributed by atoms with Crippen LogP contribution in [0.25, 0.3) is 0 Å². The summed E-state index contributed by atoms with van der Waals surface area (Å²) in [4.78, 5) is 10.0. The maximum absolute atomic E-state index is 9.68. The monoisotopic (exact) mass is 220 g/mol. The van der Waals surface area contributed by atoms with Crippen molar-refractivity contribution >= 4 is 5.95 Å². The number of aryl methyl sites for hydroxylation is 1. The number of nitrogens with zero attached hydrogens (tertiary/aromatic N) is 4. The molecule has 0 atom stereocenters. The van der Waals surface area contributed by atoms with Gasteiger partial charge in [0.2, 0.25) is 5.95 Å². The first-order valence-electron chi connectivity index (χ1n) is 5.01. The van der Waals surface area contributed by atoms with Crippen LogP contribution in [-0.2, 0) is 0 Å². The van der Waals surface area contributed by atoms with Crippen LogP contribution in [0.5, 0.6) is 0 Å². The maximum Gasteiger partial charge on any atom is 0.226 e. The third-order valence-electron chi connectivity index (χ3n) is 1.92. The first-order chi connectivity index (χ1) is 7.31. The Kier molecular flexibility index (Phi) is 3.45. The minimum Gasteiger partial charge on any atom is -0.389 e. The topological polar surface area (TPSA) is 73.0 Å². The smallest absolute Gasteiger partial charge is 0.226 e. The van der Waals surface area contributed by atoms with Crippen LogP contribution in [0.4, 0.5) is 5.95 Å². The fourth-order valence-corrected chi connectivity index (χ4v) is 1.43. The van der Waals surface area contributed by atoms with Crippen LogP contribution in [0.15, 0.2) is 6.07 Å². The molecular weight excluding hydrogens is 204 g/mol. The van der Waals surface area contributed by atoms with E-state index in [1.54, 1.807) is 31.9 Å². The van der Waals surface area contributed by atoms with Gasteiger partial charge in [0.1, 0.15) is 11.8 Å². The lowest BCUT2D eigenvalue weighted by Gasteiger charge is -2.25. The van der Waals surface area contributed by atoms with Crippen LogP contribution in [0.1, 0.15) is 25.2 Å². The minimum atomic E-state index is -0.825. The van der Waals surface area contributed by atoms with E-state index in [1.807, 2.05) is 13.0 Å². The third kappa shape index (κ3) is 3.48. The van der Waals surface area contributed by atoms with Gasteiger partial charge in [0.05, 0.1) is 5.60 Å². The zero-order valence-electron chi connectivity index (χ0n) is 10.0. The van der Waals surface area contributed by atoms with Crippen molar-refractivity contribution in [3.63, 3.8) is 0 Å². The molecule has 0 unspecified atom stereocenters. The summed E-state index contributed by atoms with van der Waals surface area (Å²) in [6.45, 7) is 5.64. The van der Waals surface area contributed by atoms with Gasteiger partial charge in [-0.05, 0) is 26.8 Å². The van der Waals surface area contributed by atoms with Crippen LogP contribution in [0.3, 0.4) is 0 Å². The molecule has 0 aliphatic heterocycles. The zero-order chi connectivity index (χ0) is 12.3. The minimum absolute atomic E-state index is 0.338. The average Bonchev–Trinajstić information content (AvgIpc) is 2.14. The standard InChI is InChI=1S/C11H16N4O/c1-8-5-9(6-12)14-10(13-8)15(4)7-11(2,3)16/h5,16H,7H2,1-4H3. The predicted molar refractivity (Wildman–Crippen MR) is 61.1 cm³/mol. The molecule has 5 heteroatoms. The molecule has 0 aliphatic rings. The molecule has 0 saturated carbocycles. The van der Waals surface area contributed by atoms with E-state index in [9.17, 15) is 5.11 Å². The predicted octanol–water partition coefficient (Wildman–Crippen LogP) is 0.864. The van der Waals surface area contributed by atoms with Crippen LogP contribution in [-0.4, -0.2) is 34.3 Å². The molecule has 0 aliphatic carbocycles. The Morgan fingerprint density at radius 1 is 1.50 bits per heavy atom. The molecule has 0 radical (unpaired) electrons. The number of hydrogen-bond acceptors (Lipinski definition) is 5. The highest BCUT2D eigenvalue weighted by Gasteiger charge is 2.17. The average molecular weight is 220 g/mol. The number of hydrogen-bond donors (Lipinski definition) is 1. The molecule has 1 rings (SSSR count). The van der Waals surface area contributed by atoms with E-state index < -0.39 is 5.60 Å². The number of aromatic nitrogens is 2. The molecule has 1 heterocycles. The lowest BCUT2D eigenvalue weighted by Crippen LogP contribution is -2.37. The normalized spacial score (nSPS) is 11.0. The fraction of sp³-hybridized carbons (Fsp3) is 0.545. The third-order valence-corrected chi connectivity index (χ3v) is 1.92. The molecule has 16 heavy (non-hydrogen) atoms. The van der Waals surface area contributed by atoms with Crippen LogP contribution in [0.2, 0.25) is 0 Å². The SMILES string of the molecule is Cc1cc(C#N)nc(N(C)CC(C)(C)O)n1. The summed E-state index contributed by atoms with van der Waals surface area (Å²) in [5, 5.41) is 18.5. The lowest BCUT2D eigenvalue weighted by molar-refractivity contribution is 0.0882. The molecule has 0 aromatic carbocycles. The van der Waals surface area contributed by atoms with E-state index in [4.69, 9.17) is 5.26 Å². The molecule has 1 aromatic heterocycles. The van der Waals surface area contributed by atoms with Crippen molar-refractivity contribution < 1.29 is 5.11 Å². The first kappa shape index (κ1) is 12.4. The highest BCUT2D eigenvalue weighted by molar-refractivity contribution is 5.35. The molecule has 1 N–H and O–H groups in total. The van der Waals surface area contributed by atoms with Crippen molar-refractivity contribution in [3.8, 4) is 6.07 Å². The number of rotatable bonds is 3. The molecule has 0 amide bonds. The largest absolute Gasteiger partial charge is 0.389 e. The molecule has 0 bridgehead atoms. The second-order valence-electron chi connectivity index (χ2n) is 4.47. The van der Waals surface area contributed by atoms with Gasteiger partial charge in [-0.15, -0.1) is 0 Å². The Labute approximate surface area is 95.4 Å². The molecule has 0 spiro atoms. The first-order valence-corrected chi connectivity index (χ1v) is 5.01. The van der Waals surface area contributed by atoms with Gasteiger partial charge < -0.3 is 10.0 Å². The zero-order valence-corrected chi connectivity index (χ0v) is 10.0. The van der Waals surface area contributed by atoms with Gasteiger partial charge in [-0.25, -0.2) is 9.97 Å². The van der Waals surface area contributed by atoms with Gasteiger partial charge in [-0.1, -0.05) is 0 Å². The Morgan fingerprint density at radius 3 is 2.62 bits per heavy atom. The molecule has 0 fully saturated rings. The summed E-state index contributed by atoms with van der Waals surface area (Å²) in [6.07, 6.45) is 0. The van der Waals surface area contributed by atoms with E-state index in [-0.39, 0.29) is 0 Å². The summed E-state index contributed by atoms with van der Waals surface area (Å²) in [6, 6.07) is 3.61. The molecule has 0 saturated heterocycles. The summed E-state index contributed by atoms with van der Waals surface area (Å²) in [5.41, 5.74) is 0.253. The van der Waals surface area contributed by atoms with Gasteiger partial charge in [0.15, 0.2) is 0 Å². The van der Waals surface area contributed by atoms with Gasteiger partial charge in [0, 0.05) is 19.3 Å². The summed E-state index contributed by atoms with van der Waals surface area (Å²) >= 11 is 0. The quantitative estimate of drug-likeness (QED) is 0.818. The van der Waals surface area contributed by atoms with Gasteiger partial charge >= 0.3 is 0 Å². The Balaban J connectivity index is 2.96. The van der Waals surface area contributed by atoms with Gasteiger partial charge in [-0.3, -0.25) is 0 Å². The van der Waals surface area contributed by atoms with E-state index in [2.05, 4.69) is 9.97 Å². The van der Waals surface area contributed by atoms with Crippen molar-refractivity contribution in [1.29, 1.82) is 5.26 Å². The number of nitriles is 1. The van der Waals surface area contributed by atoms with E-state index in [0.29, 0.717) is 18.2 Å². The molecule has 86 valence electrons. The van der Waals surface area contributed by atoms with Crippen molar-refractivity contribution in [1.82, 2.24) is 9.97 Å². The lowest BCUT2D eigenvalue weighted by atomic mass is 10.1. The van der Waals surface area contributed by atoms with E-state index >= 15 is 0 Å². The number of likely N-dealkylation sites (N-methyl/N-ethyl adjacent to an activating group) is 1. The highest BCUT2D eigenvalue weighted by Crippen LogP contribution is 2.11. The maximum atomic E-state index is 9.68. The summed E-state index contributed by atoms with van der Waals surface area (Å²) in [5.74, 6) is 0.457. The number of aliphatic hydroxyl groups is 1. The van der Waals surface area contributed by atoms with Crippen LogP contribution in [0, 0.1) is 18.3 Å². The molecule has 5 nitrogen and oxygen atoms in total. The fourth-order valence-electron chi connectivity index (χ4n) is 1.43. The van der Waals surface area contributed by atoms with Crippen LogP contribution < -0.4 is 4.90 Å². The Morgan fingerprint density at radius 2 is 2.12 bits per heavy atom. The molecule has 1 aromatic rings. The summed E-state index contributed by atoms with van der Waals surface area (Å²) < 4.78 is 0. The highest BCUT2D eigenvalue weighted by atomic mass is 16.3. The Hall–Kier alpha value is -1.67. The second kappa shape index (κ2) is 4.45. The Bertz CT molecular complexity index is 417. The van der Waals surface area contributed by atoms with Crippen molar-refractivity contribution in [2.75, 3.05) is 18.5 Å². The van der Waals surface area contributed by atoms with Gasteiger partial charge in [-0.2, -0.15) is 5.26 Å². The van der Waals surface area contributed by atoms with Crippen LogP contribution >= 0.6 is 0 Å². The van der Waals surface area contributed by atoms with Gasteiger partial charge in [0.25, 0.3) is 0 Å².